The van der Waals surface area contributed by atoms with E-state index in [9.17, 15) is 0 Å². The van der Waals surface area contributed by atoms with Gasteiger partial charge in [0.15, 0.2) is 0 Å². The second-order valence-electron chi connectivity index (χ2n) is 5.29. The van der Waals surface area contributed by atoms with Gasteiger partial charge in [-0.1, -0.05) is 30.3 Å². The minimum absolute atomic E-state index is 0.133. The molecule has 1 fully saturated rings. The Balaban J connectivity index is 1.86. The maximum absolute atomic E-state index is 5.87. The lowest BCUT2D eigenvalue weighted by Crippen LogP contribution is -2.33. The van der Waals surface area contributed by atoms with Crippen molar-refractivity contribution in [3.05, 3.63) is 52.8 Å². The number of nitrogens with one attached hydrogen (secondary N) is 1. The van der Waals surface area contributed by atoms with Crippen molar-refractivity contribution in [3.63, 3.8) is 0 Å². The molecule has 0 aliphatic carbocycles. The van der Waals surface area contributed by atoms with Gasteiger partial charge >= 0.3 is 0 Å². The fourth-order valence-corrected chi connectivity index (χ4v) is 2.84. The summed E-state index contributed by atoms with van der Waals surface area (Å²) in [5.41, 5.74) is 4.80. The van der Waals surface area contributed by atoms with Crippen LogP contribution in [0.25, 0.3) is 0 Å². The fourth-order valence-electron chi connectivity index (χ4n) is 2.84. The van der Waals surface area contributed by atoms with Gasteiger partial charge in [-0.05, 0) is 19.4 Å². The molecule has 1 unspecified atom stereocenters. The summed E-state index contributed by atoms with van der Waals surface area (Å²) < 4.78 is 7.95. The van der Waals surface area contributed by atoms with E-state index in [1.807, 2.05) is 6.07 Å². The van der Waals surface area contributed by atoms with Gasteiger partial charge in [0.2, 0.25) is 0 Å². The SMILES string of the molecule is Cc1nn(Cc2ccccc2)c(C)c1C1CNCCO1. The molecule has 3 rings (SSSR count). The summed E-state index contributed by atoms with van der Waals surface area (Å²) in [4.78, 5) is 0. The summed E-state index contributed by atoms with van der Waals surface area (Å²) in [5, 5.41) is 8.07. The Hall–Kier alpha value is -1.65. The Morgan fingerprint density at radius 1 is 1.30 bits per heavy atom. The summed E-state index contributed by atoms with van der Waals surface area (Å²) in [7, 11) is 0. The van der Waals surface area contributed by atoms with Gasteiger partial charge in [0.25, 0.3) is 0 Å². The quantitative estimate of drug-likeness (QED) is 0.930. The Labute approximate surface area is 119 Å². The van der Waals surface area contributed by atoms with Gasteiger partial charge in [0.05, 0.1) is 24.9 Å². The molecule has 2 aromatic rings. The second-order valence-corrected chi connectivity index (χ2v) is 5.29. The molecule has 1 aromatic carbocycles. The second kappa shape index (κ2) is 5.77. The van der Waals surface area contributed by atoms with Gasteiger partial charge < -0.3 is 10.1 Å². The molecule has 106 valence electrons. The van der Waals surface area contributed by atoms with Crippen LogP contribution in [-0.2, 0) is 11.3 Å². The number of ether oxygens (including phenoxy) is 1. The van der Waals surface area contributed by atoms with E-state index in [4.69, 9.17) is 4.74 Å². The van der Waals surface area contributed by atoms with Gasteiger partial charge in [0, 0.05) is 24.3 Å². The van der Waals surface area contributed by atoms with Crippen molar-refractivity contribution < 1.29 is 4.74 Å². The first-order valence-electron chi connectivity index (χ1n) is 7.16. The number of aryl methyl sites for hydroxylation is 1. The first-order chi connectivity index (χ1) is 9.75. The lowest BCUT2D eigenvalue weighted by Gasteiger charge is -2.24. The molecule has 2 heterocycles. The highest BCUT2D eigenvalue weighted by Crippen LogP contribution is 2.26. The van der Waals surface area contributed by atoms with Crippen LogP contribution < -0.4 is 5.32 Å². The highest BCUT2D eigenvalue weighted by Gasteiger charge is 2.23. The molecule has 0 radical (unpaired) electrons. The monoisotopic (exact) mass is 271 g/mol. The number of hydrogen-bond acceptors (Lipinski definition) is 3. The van der Waals surface area contributed by atoms with Crippen LogP contribution in [0.2, 0.25) is 0 Å². The summed E-state index contributed by atoms with van der Waals surface area (Å²) in [6.07, 6.45) is 0.133. The summed E-state index contributed by atoms with van der Waals surface area (Å²) in [6.45, 7) is 7.60. The van der Waals surface area contributed by atoms with Crippen molar-refractivity contribution in [2.45, 2.75) is 26.5 Å². The molecule has 1 N–H and O–H groups in total. The van der Waals surface area contributed by atoms with Crippen LogP contribution in [-0.4, -0.2) is 29.5 Å². The molecule has 1 aliphatic rings. The number of aromatic nitrogens is 2. The zero-order chi connectivity index (χ0) is 13.9. The minimum atomic E-state index is 0.133. The van der Waals surface area contributed by atoms with Crippen molar-refractivity contribution >= 4 is 0 Å². The van der Waals surface area contributed by atoms with E-state index in [0.29, 0.717) is 0 Å². The molecule has 0 bridgehead atoms. The van der Waals surface area contributed by atoms with E-state index in [-0.39, 0.29) is 6.10 Å². The minimum Gasteiger partial charge on any atom is -0.371 e. The molecule has 0 amide bonds. The Bertz CT molecular complexity index is 571. The van der Waals surface area contributed by atoms with Gasteiger partial charge in [-0.15, -0.1) is 0 Å². The van der Waals surface area contributed by atoms with Crippen molar-refractivity contribution in [2.24, 2.45) is 0 Å². The van der Waals surface area contributed by atoms with Gasteiger partial charge in [-0.2, -0.15) is 5.10 Å². The van der Waals surface area contributed by atoms with E-state index in [2.05, 4.69) is 53.2 Å². The van der Waals surface area contributed by atoms with Crippen LogP contribution in [0, 0.1) is 13.8 Å². The topological polar surface area (TPSA) is 39.1 Å². The number of benzene rings is 1. The van der Waals surface area contributed by atoms with Crippen molar-refractivity contribution in [1.82, 2.24) is 15.1 Å². The lowest BCUT2D eigenvalue weighted by molar-refractivity contribution is 0.0269. The molecule has 4 nitrogen and oxygen atoms in total. The third kappa shape index (κ3) is 2.62. The summed E-state index contributed by atoms with van der Waals surface area (Å²) >= 11 is 0. The normalized spacial score (nSPS) is 19.2. The van der Waals surface area contributed by atoms with Crippen LogP contribution in [0.4, 0.5) is 0 Å². The maximum atomic E-state index is 5.87. The highest BCUT2D eigenvalue weighted by atomic mass is 16.5. The Kier molecular flexibility index (Phi) is 3.85. The van der Waals surface area contributed by atoms with E-state index in [1.54, 1.807) is 0 Å². The molecule has 0 spiro atoms. The molecular weight excluding hydrogens is 250 g/mol. The number of morpholine rings is 1. The first kappa shape index (κ1) is 13.3. The largest absolute Gasteiger partial charge is 0.371 e. The number of nitrogens with zero attached hydrogens (tertiary/aromatic N) is 2. The maximum Gasteiger partial charge on any atom is 0.0985 e. The lowest BCUT2D eigenvalue weighted by atomic mass is 10.1. The molecule has 20 heavy (non-hydrogen) atoms. The highest BCUT2D eigenvalue weighted by molar-refractivity contribution is 5.29. The van der Waals surface area contributed by atoms with Crippen LogP contribution >= 0.6 is 0 Å². The predicted octanol–water partition coefficient (Wildman–Crippen LogP) is 2.21. The first-order valence-corrected chi connectivity index (χ1v) is 7.16. The molecular formula is C16H21N3O. The van der Waals surface area contributed by atoms with Crippen LogP contribution in [0.5, 0.6) is 0 Å². The van der Waals surface area contributed by atoms with Crippen LogP contribution in [0.3, 0.4) is 0 Å². The third-order valence-electron chi connectivity index (χ3n) is 3.86. The van der Waals surface area contributed by atoms with Crippen LogP contribution in [0.1, 0.15) is 28.6 Å². The molecule has 1 atom stereocenters. The van der Waals surface area contributed by atoms with E-state index in [0.717, 1.165) is 31.9 Å². The fraction of sp³-hybridized carbons (Fsp3) is 0.438. The number of hydrogen-bond donors (Lipinski definition) is 1. The average molecular weight is 271 g/mol. The zero-order valence-electron chi connectivity index (χ0n) is 12.1. The van der Waals surface area contributed by atoms with Crippen molar-refractivity contribution in [2.75, 3.05) is 19.7 Å². The smallest absolute Gasteiger partial charge is 0.0985 e. The Morgan fingerprint density at radius 3 is 2.80 bits per heavy atom. The number of rotatable bonds is 3. The standard InChI is InChI=1S/C16H21N3O/c1-12-16(15-10-17-8-9-20-15)13(2)19(18-12)11-14-6-4-3-5-7-14/h3-7,15,17H,8-11H2,1-2H3. The van der Waals surface area contributed by atoms with Gasteiger partial charge in [-0.3, -0.25) is 4.68 Å². The molecule has 0 saturated carbocycles. The van der Waals surface area contributed by atoms with E-state index in [1.165, 1.54) is 16.8 Å². The predicted molar refractivity (Wildman–Crippen MR) is 78.8 cm³/mol. The van der Waals surface area contributed by atoms with Crippen LogP contribution in [0.15, 0.2) is 30.3 Å². The molecule has 4 heteroatoms. The van der Waals surface area contributed by atoms with Crippen molar-refractivity contribution in [3.8, 4) is 0 Å². The third-order valence-corrected chi connectivity index (χ3v) is 3.86. The molecule has 1 aliphatic heterocycles. The molecule has 1 aromatic heterocycles. The van der Waals surface area contributed by atoms with Gasteiger partial charge in [-0.25, -0.2) is 0 Å². The average Bonchev–Trinajstić information content (AvgIpc) is 2.75. The summed E-state index contributed by atoms with van der Waals surface area (Å²) in [5.74, 6) is 0. The summed E-state index contributed by atoms with van der Waals surface area (Å²) in [6, 6.07) is 10.4. The zero-order valence-corrected chi connectivity index (χ0v) is 12.1. The van der Waals surface area contributed by atoms with Crippen molar-refractivity contribution in [1.29, 1.82) is 0 Å². The Morgan fingerprint density at radius 2 is 2.10 bits per heavy atom. The van der Waals surface area contributed by atoms with Gasteiger partial charge in [0.1, 0.15) is 0 Å². The molecule has 1 saturated heterocycles. The van der Waals surface area contributed by atoms with E-state index < -0.39 is 0 Å². The van der Waals surface area contributed by atoms with E-state index >= 15 is 0 Å².